The molecule has 1 aliphatic rings. The zero-order valence-electron chi connectivity index (χ0n) is 18.1. The van der Waals surface area contributed by atoms with Crippen LogP contribution in [0.1, 0.15) is 17.8 Å². The maximum Gasteiger partial charge on any atom is 0.163 e. The molecule has 0 bridgehead atoms. The molecule has 160 valence electrons. The Morgan fingerprint density at radius 2 is 1.85 bits per heavy atom. The van der Waals surface area contributed by atoms with Crippen molar-refractivity contribution in [3.05, 3.63) is 84.2 Å². The van der Waals surface area contributed by atoms with Crippen molar-refractivity contribution in [2.75, 3.05) is 19.0 Å². The van der Waals surface area contributed by atoms with E-state index in [1.165, 1.54) is 0 Å². The molecule has 4 aromatic rings. The summed E-state index contributed by atoms with van der Waals surface area (Å²) in [5.41, 5.74) is 5.18. The van der Waals surface area contributed by atoms with E-state index in [-0.39, 0.29) is 0 Å². The van der Waals surface area contributed by atoms with Crippen molar-refractivity contribution in [3.63, 3.8) is 0 Å². The van der Waals surface area contributed by atoms with E-state index in [1.54, 1.807) is 19.2 Å². The third-order valence-electron chi connectivity index (χ3n) is 5.46. The van der Waals surface area contributed by atoms with Gasteiger partial charge in [0.05, 0.1) is 24.3 Å². The molecule has 0 amide bonds. The second-order valence-electron chi connectivity index (χ2n) is 7.66. The minimum Gasteiger partial charge on any atom is -0.497 e. The quantitative estimate of drug-likeness (QED) is 0.433. The van der Waals surface area contributed by atoms with Crippen LogP contribution in [0.25, 0.3) is 27.6 Å². The van der Waals surface area contributed by atoms with Gasteiger partial charge in [0.15, 0.2) is 5.82 Å². The smallest absolute Gasteiger partial charge is 0.163 e. The van der Waals surface area contributed by atoms with Crippen LogP contribution in [-0.4, -0.2) is 29.8 Å². The first-order chi connectivity index (χ1) is 16.2. The summed E-state index contributed by atoms with van der Waals surface area (Å²) < 4.78 is 5.39. The lowest BCUT2D eigenvalue weighted by Crippen LogP contribution is -2.04. The summed E-state index contributed by atoms with van der Waals surface area (Å²) in [5.74, 6) is 2.10. The molecule has 2 heterocycles. The number of hydrogen-bond donors (Lipinski definition) is 1. The Labute approximate surface area is 191 Å². The number of methoxy groups -OCH3 is 1. The molecule has 0 saturated heterocycles. The Bertz CT molecular complexity index is 1450. The zero-order chi connectivity index (χ0) is 22.6. The first kappa shape index (κ1) is 20.4. The molecule has 0 atom stereocenters. The highest BCUT2D eigenvalue weighted by Gasteiger charge is 2.14. The highest BCUT2D eigenvalue weighted by Crippen LogP contribution is 2.31. The molecule has 0 aliphatic carbocycles. The molecule has 5 rings (SSSR count). The Hall–Kier alpha value is -4.50. The summed E-state index contributed by atoms with van der Waals surface area (Å²) in [6, 6.07) is 23.6. The lowest BCUT2D eigenvalue weighted by atomic mass is 10.0. The molecule has 0 unspecified atom stereocenters. The van der Waals surface area contributed by atoms with Crippen LogP contribution in [-0.2, 0) is 0 Å². The number of rotatable bonds is 5. The second kappa shape index (κ2) is 8.93. The van der Waals surface area contributed by atoms with Gasteiger partial charge >= 0.3 is 0 Å². The Balaban J connectivity index is 1.66. The largest absolute Gasteiger partial charge is 0.497 e. The van der Waals surface area contributed by atoms with Gasteiger partial charge in [0.25, 0.3) is 0 Å². The third kappa shape index (κ3) is 4.30. The van der Waals surface area contributed by atoms with Gasteiger partial charge in [0, 0.05) is 29.4 Å². The summed E-state index contributed by atoms with van der Waals surface area (Å²) in [6.45, 7) is 0.785. The maximum absolute atomic E-state index is 9.28. The third-order valence-corrected chi connectivity index (χ3v) is 5.46. The summed E-state index contributed by atoms with van der Waals surface area (Å²) in [7, 11) is 1.66. The number of hydrogen-bond acceptors (Lipinski definition) is 6. The van der Waals surface area contributed by atoms with Crippen molar-refractivity contribution in [1.29, 1.82) is 5.26 Å². The molecule has 0 saturated carbocycles. The first-order valence-corrected chi connectivity index (χ1v) is 10.7. The van der Waals surface area contributed by atoms with E-state index in [2.05, 4.69) is 34.6 Å². The van der Waals surface area contributed by atoms with Crippen LogP contribution >= 0.6 is 0 Å². The predicted octanol–water partition coefficient (Wildman–Crippen LogP) is 5.78. The lowest BCUT2D eigenvalue weighted by molar-refractivity contribution is 0.415. The average molecular weight is 431 g/mol. The Morgan fingerprint density at radius 1 is 0.970 bits per heavy atom. The van der Waals surface area contributed by atoms with E-state index < -0.39 is 0 Å². The standard InChI is InChI=1S/C27H21N5O/c1-33-23-9-3-6-19(14-23)20-10-11-25-24(15-20)27(30-22-8-2-5-18(13-22)16-28)32-26(31-25)21-7-4-12-29-17-21/h2-3,5-11,13-15,17H,4,12H2,1H3,(H,30,31,32). The number of aliphatic imine (C=N–C) groups is 1. The number of anilines is 2. The zero-order valence-corrected chi connectivity index (χ0v) is 18.1. The fraction of sp³-hybridized carbons (Fsp3) is 0.111. The summed E-state index contributed by atoms with van der Waals surface area (Å²) in [4.78, 5) is 14.1. The van der Waals surface area contributed by atoms with Gasteiger partial charge in [-0.25, -0.2) is 9.97 Å². The van der Waals surface area contributed by atoms with Crippen molar-refractivity contribution < 1.29 is 4.74 Å². The molecule has 6 heteroatoms. The van der Waals surface area contributed by atoms with Crippen molar-refractivity contribution >= 4 is 34.2 Å². The molecular formula is C27H21N5O. The highest BCUT2D eigenvalue weighted by atomic mass is 16.5. The molecule has 1 aliphatic heterocycles. The number of aromatic nitrogens is 2. The van der Waals surface area contributed by atoms with E-state index in [9.17, 15) is 5.26 Å². The van der Waals surface area contributed by atoms with Gasteiger partial charge in [0.2, 0.25) is 0 Å². The van der Waals surface area contributed by atoms with Gasteiger partial charge in [-0.05, 0) is 60.0 Å². The number of nitrogens with zero attached hydrogens (tertiary/aromatic N) is 4. The van der Waals surface area contributed by atoms with Crippen molar-refractivity contribution in [3.8, 4) is 22.9 Å². The average Bonchev–Trinajstić information content (AvgIpc) is 2.89. The molecule has 33 heavy (non-hydrogen) atoms. The van der Waals surface area contributed by atoms with E-state index in [0.717, 1.165) is 52.0 Å². The summed E-state index contributed by atoms with van der Waals surface area (Å²) in [5, 5.41) is 13.6. The SMILES string of the molecule is COc1cccc(-c2ccc3nc(C4=CCCN=C4)nc(Nc4cccc(C#N)c4)c3c2)c1. The molecule has 1 N–H and O–H groups in total. The van der Waals surface area contributed by atoms with Crippen molar-refractivity contribution in [2.45, 2.75) is 6.42 Å². The molecule has 1 aromatic heterocycles. The van der Waals surface area contributed by atoms with Gasteiger partial charge in [-0.2, -0.15) is 5.26 Å². The van der Waals surface area contributed by atoms with Crippen molar-refractivity contribution in [2.24, 2.45) is 4.99 Å². The van der Waals surface area contributed by atoms with E-state index in [1.807, 2.05) is 48.7 Å². The fourth-order valence-corrected chi connectivity index (χ4v) is 3.80. The van der Waals surface area contributed by atoms with Crippen LogP contribution in [0.4, 0.5) is 11.5 Å². The summed E-state index contributed by atoms with van der Waals surface area (Å²) in [6.07, 6.45) is 4.81. The number of nitrogens with one attached hydrogen (secondary N) is 1. The number of fused-ring (bicyclic) bond motifs is 1. The Kier molecular flexibility index (Phi) is 5.52. The minimum atomic E-state index is 0.581. The van der Waals surface area contributed by atoms with Gasteiger partial charge in [-0.15, -0.1) is 0 Å². The van der Waals surface area contributed by atoms with Crippen molar-refractivity contribution in [1.82, 2.24) is 9.97 Å². The lowest BCUT2D eigenvalue weighted by Gasteiger charge is -2.14. The Morgan fingerprint density at radius 3 is 2.67 bits per heavy atom. The molecule has 3 aromatic carbocycles. The topological polar surface area (TPSA) is 83.2 Å². The highest BCUT2D eigenvalue weighted by molar-refractivity contribution is 6.09. The van der Waals surface area contributed by atoms with Crippen LogP contribution in [0.15, 0.2) is 77.8 Å². The monoisotopic (exact) mass is 431 g/mol. The predicted molar refractivity (Wildman–Crippen MR) is 132 cm³/mol. The fourth-order valence-electron chi connectivity index (χ4n) is 3.80. The first-order valence-electron chi connectivity index (χ1n) is 10.7. The van der Waals surface area contributed by atoms with Crippen LogP contribution in [0, 0.1) is 11.3 Å². The number of allylic oxidation sites excluding steroid dienone is 1. The van der Waals surface area contributed by atoms with E-state index in [4.69, 9.17) is 14.7 Å². The van der Waals surface area contributed by atoms with Crippen LogP contribution in [0.2, 0.25) is 0 Å². The van der Waals surface area contributed by atoms with Gasteiger partial charge in [0.1, 0.15) is 11.6 Å². The van der Waals surface area contributed by atoms with E-state index in [0.29, 0.717) is 17.2 Å². The normalized spacial score (nSPS) is 12.8. The van der Waals surface area contributed by atoms with Crippen LogP contribution in [0.5, 0.6) is 5.75 Å². The number of nitriles is 1. The molecular weight excluding hydrogens is 410 g/mol. The minimum absolute atomic E-state index is 0.581. The number of dihydropyridines is 1. The van der Waals surface area contributed by atoms with Gasteiger partial charge in [-0.3, -0.25) is 4.99 Å². The molecule has 0 spiro atoms. The molecule has 6 nitrogen and oxygen atoms in total. The molecule has 0 radical (unpaired) electrons. The number of benzene rings is 3. The second-order valence-corrected chi connectivity index (χ2v) is 7.66. The van der Waals surface area contributed by atoms with Crippen LogP contribution in [0.3, 0.4) is 0 Å². The maximum atomic E-state index is 9.28. The van der Waals surface area contributed by atoms with Gasteiger partial charge < -0.3 is 10.1 Å². The summed E-state index contributed by atoms with van der Waals surface area (Å²) >= 11 is 0. The van der Waals surface area contributed by atoms with Crippen LogP contribution < -0.4 is 10.1 Å². The van der Waals surface area contributed by atoms with Gasteiger partial charge in [-0.1, -0.05) is 30.3 Å². The molecule has 0 fully saturated rings. The van der Waals surface area contributed by atoms with E-state index >= 15 is 0 Å². The number of ether oxygens (including phenoxy) is 1.